The van der Waals surface area contributed by atoms with Gasteiger partial charge in [0.25, 0.3) is 5.91 Å². The van der Waals surface area contributed by atoms with Crippen LogP contribution in [0.2, 0.25) is 10.0 Å². The standard InChI is InChI=1S/C24H27Cl2N3O/c1-17(19-6-3-4-8-23(19)28-14-12-27(2)13-15-28)20-7-5-11-29(24(20)30)18-9-10-21(25)22(26)16-18/h3-4,6,8-10,16H,5,7,11-15H2,1-2H3/b20-17+. The number of rotatable bonds is 3. The Morgan fingerprint density at radius 1 is 0.933 bits per heavy atom. The van der Waals surface area contributed by atoms with Gasteiger partial charge in [-0.2, -0.15) is 0 Å². The van der Waals surface area contributed by atoms with Gasteiger partial charge in [0.15, 0.2) is 0 Å². The highest BCUT2D eigenvalue weighted by atomic mass is 35.5. The molecule has 0 bridgehead atoms. The van der Waals surface area contributed by atoms with E-state index in [0.29, 0.717) is 16.6 Å². The molecule has 2 heterocycles. The van der Waals surface area contributed by atoms with Crippen molar-refractivity contribution in [3.8, 4) is 0 Å². The van der Waals surface area contributed by atoms with E-state index in [4.69, 9.17) is 23.2 Å². The fraction of sp³-hybridized carbons (Fsp3) is 0.375. The maximum atomic E-state index is 13.4. The summed E-state index contributed by atoms with van der Waals surface area (Å²) in [4.78, 5) is 20.0. The Morgan fingerprint density at radius 2 is 1.67 bits per heavy atom. The zero-order valence-corrected chi connectivity index (χ0v) is 19.0. The van der Waals surface area contributed by atoms with E-state index < -0.39 is 0 Å². The van der Waals surface area contributed by atoms with E-state index in [9.17, 15) is 4.79 Å². The first-order chi connectivity index (χ1) is 14.5. The first-order valence-corrected chi connectivity index (χ1v) is 11.2. The number of halogens is 2. The van der Waals surface area contributed by atoms with E-state index in [1.165, 1.54) is 5.69 Å². The molecular formula is C24H27Cl2N3O. The van der Waals surface area contributed by atoms with Gasteiger partial charge in [-0.3, -0.25) is 4.79 Å². The number of para-hydroxylation sites is 1. The highest BCUT2D eigenvalue weighted by Crippen LogP contribution is 2.35. The Kier molecular flexibility index (Phi) is 6.37. The second kappa shape index (κ2) is 9.01. The van der Waals surface area contributed by atoms with Crippen molar-refractivity contribution in [2.75, 3.05) is 49.6 Å². The van der Waals surface area contributed by atoms with Crippen LogP contribution in [0.4, 0.5) is 11.4 Å². The van der Waals surface area contributed by atoms with Crippen LogP contribution in [0.25, 0.3) is 5.57 Å². The van der Waals surface area contributed by atoms with E-state index in [2.05, 4.69) is 48.0 Å². The van der Waals surface area contributed by atoms with Crippen LogP contribution in [-0.4, -0.2) is 50.6 Å². The highest BCUT2D eigenvalue weighted by Gasteiger charge is 2.28. The van der Waals surface area contributed by atoms with Gasteiger partial charge in [-0.1, -0.05) is 41.4 Å². The summed E-state index contributed by atoms with van der Waals surface area (Å²) < 4.78 is 0. The number of carbonyl (C=O) groups excluding carboxylic acids is 1. The molecule has 0 atom stereocenters. The third-order valence-electron chi connectivity index (χ3n) is 6.13. The molecule has 0 unspecified atom stereocenters. The quantitative estimate of drug-likeness (QED) is 0.598. The van der Waals surface area contributed by atoms with Crippen LogP contribution in [0.1, 0.15) is 25.3 Å². The minimum atomic E-state index is 0.0605. The Hall–Kier alpha value is -2.01. The van der Waals surface area contributed by atoms with Gasteiger partial charge in [0.05, 0.1) is 10.0 Å². The number of piperazine rings is 1. The number of anilines is 2. The van der Waals surface area contributed by atoms with Crippen molar-refractivity contribution < 1.29 is 4.79 Å². The van der Waals surface area contributed by atoms with Crippen molar-refractivity contribution in [2.24, 2.45) is 0 Å². The zero-order chi connectivity index (χ0) is 21.3. The average Bonchev–Trinajstić information content (AvgIpc) is 2.76. The number of allylic oxidation sites excluding steroid dienone is 1. The third-order valence-corrected chi connectivity index (χ3v) is 6.87. The summed E-state index contributed by atoms with van der Waals surface area (Å²) in [6.45, 7) is 6.87. The molecule has 2 aliphatic heterocycles. The van der Waals surface area contributed by atoms with E-state index >= 15 is 0 Å². The Morgan fingerprint density at radius 3 is 2.40 bits per heavy atom. The lowest BCUT2D eigenvalue weighted by molar-refractivity contribution is -0.115. The summed E-state index contributed by atoms with van der Waals surface area (Å²) in [6, 6.07) is 13.8. The monoisotopic (exact) mass is 443 g/mol. The van der Waals surface area contributed by atoms with Crippen LogP contribution in [-0.2, 0) is 4.79 Å². The van der Waals surface area contributed by atoms with E-state index in [1.54, 1.807) is 12.1 Å². The van der Waals surface area contributed by atoms with Gasteiger partial charge >= 0.3 is 0 Å². The number of benzene rings is 2. The lowest BCUT2D eigenvalue weighted by Crippen LogP contribution is -2.44. The minimum Gasteiger partial charge on any atom is -0.368 e. The topological polar surface area (TPSA) is 26.8 Å². The summed E-state index contributed by atoms with van der Waals surface area (Å²) in [6.07, 6.45) is 1.72. The Bertz CT molecular complexity index is 980. The van der Waals surface area contributed by atoms with Crippen LogP contribution in [0.5, 0.6) is 0 Å². The molecule has 2 aliphatic rings. The van der Waals surface area contributed by atoms with Crippen LogP contribution in [0.3, 0.4) is 0 Å². The second-order valence-corrected chi connectivity index (χ2v) is 8.88. The van der Waals surface area contributed by atoms with Gasteiger partial charge in [0.1, 0.15) is 0 Å². The lowest BCUT2D eigenvalue weighted by Gasteiger charge is -2.36. The number of likely N-dealkylation sites (N-methyl/N-ethyl adjacent to an activating group) is 1. The first kappa shape index (κ1) is 21.2. The van der Waals surface area contributed by atoms with Crippen LogP contribution in [0.15, 0.2) is 48.0 Å². The SMILES string of the molecule is C/C(=C1/CCCN(c2ccc(Cl)c(Cl)c2)C1=O)c1ccccc1N1CCN(C)CC1. The first-order valence-electron chi connectivity index (χ1n) is 10.5. The number of amides is 1. The van der Waals surface area contributed by atoms with Crippen molar-refractivity contribution in [3.05, 3.63) is 63.6 Å². The average molecular weight is 444 g/mol. The molecule has 0 aromatic heterocycles. The highest BCUT2D eigenvalue weighted by molar-refractivity contribution is 6.42. The maximum absolute atomic E-state index is 13.4. The second-order valence-electron chi connectivity index (χ2n) is 8.07. The van der Waals surface area contributed by atoms with E-state index in [0.717, 1.165) is 61.4 Å². The van der Waals surface area contributed by atoms with E-state index in [-0.39, 0.29) is 5.91 Å². The van der Waals surface area contributed by atoms with Crippen molar-refractivity contribution in [1.82, 2.24) is 4.90 Å². The van der Waals surface area contributed by atoms with Gasteiger partial charge in [-0.15, -0.1) is 0 Å². The smallest absolute Gasteiger partial charge is 0.254 e. The summed E-state index contributed by atoms with van der Waals surface area (Å²) in [5, 5.41) is 0.966. The van der Waals surface area contributed by atoms with Crippen molar-refractivity contribution >= 4 is 46.1 Å². The molecule has 0 radical (unpaired) electrons. The van der Waals surface area contributed by atoms with Gasteiger partial charge in [-0.05, 0) is 56.7 Å². The predicted molar refractivity (Wildman–Crippen MR) is 127 cm³/mol. The molecule has 2 fully saturated rings. The third kappa shape index (κ3) is 4.22. The number of nitrogens with zero attached hydrogens (tertiary/aromatic N) is 3. The van der Waals surface area contributed by atoms with Crippen molar-refractivity contribution in [3.63, 3.8) is 0 Å². The number of carbonyl (C=O) groups is 1. The maximum Gasteiger partial charge on any atom is 0.254 e. The molecule has 4 rings (SSSR count). The molecule has 0 saturated carbocycles. The van der Waals surface area contributed by atoms with E-state index in [1.807, 2.05) is 11.0 Å². The molecule has 2 saturated heterocycles. The van der Waals surface area contributed by atoms with Gasteiger partial charge < -0.3 is 14.7 Å². The molecule has 2 aromatic carbocycles. The number of hydrogen-bond donors (Lipinski definition) is 0. The Balaban J connectivity index is 1.67. The van der Waals surface area contributed by atoms with Crippen LogP contribution in [0, 0.1) is 0 Å². The molecule has 0 aliphatic carbocycles. The molecular weight excluding hydrogens is 417 g/mol. The molecule has 0 spiro atoms. The number of hydrogen-bond acceptors (Lipinski definition) is 3. The van der Waals surface area contributed by atoms with Crippen molar-refractivity contribution in [1.29, 1.82) is 0 Å². The van der Waals surface area contributed by atoms with Crippen LogP contribution < -0.4 is 9.80 Å². The molecule has 2 aromatic rings. The Labute approximate surface area is 188 Å². The largest absolute Gasteiger partial charge is 0.368 e. The normalized spacial score (nSPS) is 19.9. The summed E-state index contributed by atoms with van der Waals surface area (Å²) in [7, 11) is 2.16. The molecule has 30 heavy (non-hydrogen) atoms. The molecule has 6 heteroatoms. The van der Waals surface area contributed by atoms with Crippen molar-refractivity contribution in [2.45, 2.75) is 19.8 Å². The molecule has 1 amide bonds. The van der Waals surface area contributed by atoms with Crippen LogP contribution >= 0.6 is 23.2 Å². The molecule has 158 valence electrons. The zero-order valence-electron chi connectivity index (χ0n) is 17.5. The minimum absolute atomic E-state index is 0.0605. The molecule has 4 nitrogen and oxygen atoms in total. The summed E-state index contributed by atoms with van der Waals surface area (Å²) in [5.41, 5.74) is 5.12. The number of piperidine rings is 1. The fourth-order valence-corrected chi connectivity index (χ4v) is 4.60. The summed E-state index contributed by atoms with van der Waals surface area (Å²) in [5.74, 6) is 0.0605. The van der Waals surface area contributed by atoms with Gasteiger partial charge in [-0.25, -0.2) is 0 Å². The van der Waals surface area contributed by atoms with Gasteiger partial charge in [0, 0.05) is 55.2 Å². The van der Waals surface area contributed by atoms with Gasteiger partial charge in [0.2, 0.25) is 0 Å². The fourth-order valence-electron chi connectivity index (χ4n) is 4.31. The summed E-state index contributed by atoms with van der Waals surface area (Å²) >= 11 is 12.3. The molecule has 0 N–H and O–H groups in total. The lowest BCUT2D eigenvalue weighted by atomic mass is 9.92. The predicted octanol–water partition coefficient (Wildman–Crippen LogP) is 5.35.